The van der Waals surface area contributed by atoms with Gasteiger partial charge in [0.05, 0.1) is 18.1 Å². The summed E-state index contributed by atoms with van der Waals surface area (Å²) in [6, 6.07) is 8.22. The molecule has 0 saturated heterocycles. The minimum atomic E-state index is -4.46. The van der Waals surface area contributed by atoms with Gasteiger partial charge in [-0.3, -0.25) is 4.79 Å². The zero-order valence-corrected chi connectivity index (χ0v) is 13.2. The minimum absolute atomic E-state index is 0.118. The van der Waals surface area contributed by atoms with Crippen LogP contribution in [0.15, 0.2) is 36.4 Å². The van der Waals surface area contributed by atoms with Crippen LogP contribution in [0.5, 0.6) is 0 Å². The van der Waals surface area contributed by atoms with Crippen molar-refractivity contribution in [2.75, 3.05) is 6.54 Å². The Morgan fingerprint density at radius 1 is 1.30 bits per heavy atom. The third-order valence-corrected chi connectivity index (χ3v) is 4.22. The molecule has 2 N–H and O–H groups in total. The number of alkyl halides is 3. The molecular formula is C16H16F3NO2S. The van der Waals surface area contributed by atoms with Crippen molar-refractivity contribution in [3.63, 3.8) is 0 Å². The van der Waals surface area contributed by atoms with Crippen molar-refractivity contribution in [1.29, 1.82) is 0 Å². The van der Waals surface area contributed by atoms with Crippen LogP contribution in [0.3, 0.4) is 0 Å². The van der Waals surface area contributed by atoms with E-state index in [0.29, 0.717) is 0 Å². The lowest BCUT2D eigenvalue weighted by Crippen LogP contribution is -2.29. The highest BCUT2D eigenvalue weighted by Gasteiger charge is 2.30. The Morgan fingerprint density at radius 3 is 2.65 bits per heavy atom. The van der Waals surface area contributed by atoms with Crippen molar-refractivity contribution < 1.29 is 23.1 Å². The van der Waals surface area contributed by atoms with Crippen LogP contribution >= 0.6 is 11.3 Å². The van der Waals surface area contributed by atoms with Gasteiger partial charge in [0.1, 0.15) is 0 Å². The number of aliphatic hydroxyl groups is 1. The summed E-state index contributed by atoms with van der Waals surface area (Å²) in [4.78, 5) is 13.8. The molecule has 0 fully saturated rings. The zero-order valence-electron chi connectivity index (χ0n) is 12.4. The molecule has 124 valence electrons. The molecule has 2 aromatic rings. The number of nitrogens with one attached hydrogen (secondary N) is 1. The summed E-state index contributed by atoms with van der Waals surface area (Å²) in [5.41, 5.74) is -0.707. The summed E-state index contributed by atoms with van der Waals surface area (Å²) in [7, 11) is 0. The van der Waals surface area contributed by atoms with E-state index < -0.39 is 17.8 Å². The molecule has 0 aliphatic carbocycles. The van der Waals surface area contributed by atoms with Gasteiger partial charge in [0.25, 0.3) is 0 Å². The van der Waals surface area contributed by atoms with Gasteiger partial charge in [0.15, 0.2) is 0 Å². The maximum atomic E-state index is 12.6. The van der Waals surface area contributed by atoms with E-state index in [2.05, 4.69) is 5.32 Å². The summed E-state index contributed by atoms with van der Waals surface area (Å²) < 4.78 is 37.9. The third-order valence-electron chi connectivity index (χ3n) is 3.22. The number of carbonyl (C=O) groups is 1. The molecule has 0 unspecified atom stereocenters. The van der Waals surface area contributed by atoms with Gasteiger partial charge in [-0.25, -0.2) is 0 Å². The number of hydrogen-bond donors (Lipinski definition) is 2. The fraction of sp³-hybridized carbons (Fsp3) is 0.312. The number of hydrogen-bond acceptors (Lipinski definition) is 3. The minimum Gasteiger partial charge on any atom is -0.387 e. The summed E-state index contributed by atoms with van der Waals surface area (Å²) >= 11 is 1.50. The van der Waals surface area contributed by atoms with E-state index in [4.69, 9.17) is 0 Å². The Bertz CT molecular complexity index is 682. The molecule has 0 radical (unpaired) electrons. The number of halogens is 3. The predicted octanol–water partition coefficient (Wildman–Crippen LogP) is 3.47. The second-order valence-electron chi connectivity index (χ2n) is 5.13. The predicted molar refractivity (Wildman–Crippen MR) is 82.2 cm³/mol. The second kappa shape index (κ2) is 7.14. The van der Waals surface area contributed by atoms with Crippen LogP contribution in [0.1, 0.15) is 27.0 Å². The van der Waals surface area contributed by atoms with Gasteiger partial charge in [-0.2, -0.15) is 13.2 Å². The van der Waals surface area contributed by atoms with Gasteiger partial charge < -0.3 is 10.4 Å². The Hall–Kier alpha value is -1.86. The second-order valence-corrected chi connectivity index (χ2v) is 6.50. The van der Waals surface area contributed by atoms with Gasteiger partial charge in [-0.15, -0.1) is 11.3 Å². The van der Waals surface area contributed by atoms with Crippen LogP contribution in [0.4, 0.5) is 13.2 Å². The fourth-order valence-corrected chi connectivity index (χ4v) is 2.94. The zero-order chi connectivity index (χ0) is 17.0. The smallest absolute Gasteiger partial charge is 0.387 e. The van der Waals surface area contributed by atoms with Crippen molar-refractivity contribution in [3.8, 4) is 0 Å². The maximum Gasteiger partial charge on any atom is 0.416 e. The first-order chi connectivity index (χ1) is 10.8. The van der Waals surface area contributed by atoms with Crippen LogP contribution in [-0.4, -0.2) is 17.6 Å². The van der Waals surface area contributed by atoms with Crippen molar-refractivity contribution in [2.24, 2.45) is 0 Å². The average Bonchev–Trinajstić information content (AvgIpc) is 2.89. The first-order valence-corrected chi connectivity index (χ1v) is 7.74. The van der Waals surface area contributed by atoms with Crippen molar-refractivity contribution in [2.45, 2.75) is 25.6 Å². The van der Waals surface area contributed by atoms with Gasteiger partial charge >= 0.3 is 6.18 Å². The topological polar surface area (TPSA) is 49.3 Å². The molecule has 0 aliphatic rings. The van der Waals surface area contributed by atoms with E-state index in [1.54, 1.807) is 0 Å². The highest BCUT2D eigenvalue weighted by Crippen LogP contribution is 2.30. The maximum absolute atomic E-state index is 12.6. The molecule has 0 bridgehead atoms. The summed E-state index contributed by atoms with van der Waals surface area (Å²) in [5.74, 6) is -0.280. The Kier molecular flexibility index (Phi) is 5.43. The molecule has 2 rings (SSSR count). The molecule has 3 nitrogen and oxygen atoms in total. The van der Waals surface area contributed by atoms with Gasteiger partial charge in [0, 0.05) is 16.3 Å². The Morgan fingerprint density at radius 2 is 2.04 bits per heavy atom. The molecule has 0 saturated carbocycles. The average molecular weight is 343 g/mol. The number of carbonyl (C=O) groups excluding carboxylic acids is 1. The first kappa shape index (κ1) is 17.5. The van der Waals surface area contributed by atoms with Crippen LogP contribution < -0.4 is 5.32 Å². The highest BCUT2D eigenvalue weighted by atomic mass is 32.1. The number of aliphatic hydroxyl groups excluding tert-OH is 1. The molecule has 23 heavy (non-hydrogen) atoms. The molecular weight excluding hydrogens is 327 g/mol. The molecule has 0 aliphatic heterocycles. The van der Waals surface area contributed by atoms with Gasteiger partial charge in [-0.05, 0) is 36.8 Å². The van der Waals surface area contributed by atoms with Crippen LogP contribution in [0.2, 0.25) is 0 Å². The Balaban J connectivity index is 1.91. The number of benzene rings is 1. The van der Waals surface area contributed by atoms with E-state index in [0.717, 1.165) is 21.9 Å². The van der Waals surface area contributed by atoms with E-state index in [9.17, 15) is 23.1 Å². The largest absolute Gasteiger partial charge is 0.416 e. The lowest BCUT2D eigenvalue weighted by molar-refractivity contribution is -0.137. The van der Waals surface area contributed by atoms with E-state index >= 15 is 0 Å². The van der Waals surface area contributed by atoms with E-state index in [1.807, 2.05) is 19.1 Å². The molecule has 7 heteroatoms. The first-order valence-electron chi connectivity index (χ1n) is 6.93. The molecule has 1 amide bonds. The monoisotopic (exact) mass is 343 g/mol. The summed E-state index contributed by atoms with van der Waals surface area (Å²) in [6.07, 6.45) is -5.46. The normalized spacial score (nSPS) is 12.9. The van der Waals surface area contributed by atoms with E-state index in [-0.39, 0.29) is 24.4 Å². The van der Waals surface area contributed by atoms with Crippen LogP contribution in [0, 0.1) is 6.92 Å². The van der Waals surface area contributed by atoms with E-state index in [1.165, 1.54) is 23.5 Å². The lowest BCUT2D eigenvalue weighted by Gasteiger charge is -2.14. The van der Waals surface area contributed by atoms with Gasteiger partial charge in [0.2, 0.25) is 5.91 Å². The molecule has 1 aromatic carbocycles. The number of aryl methyl sites for hydroxylation is 1. The molecule has 1 atom stereocenters. The number of rotatable bonds is 5. The highest BCUT2D eigenvalue weighted by molar-refractivity contribution is 7.12. The Labute approximate surface area is 135 Å². The van der Waals surface area contributed by atoms with Crippen LogP contribution in [-0.2, 0) is 17.4 Å². The van der Waals surface area contributed by atoms with Crippen molar-refractivity contribution in [3.05, 3.63) is 57.3 Å². The van der Waals surface area contributed by atoms with Crippen molar-refractivity contribution in [1.82, 2.24) is 5.32 Å². The lowest BCUT2D eigenvalue weighted by atomic mass is 10.1. The number of thiophene rings is 1. The fourth-order valence-electron chi connectivity index (χ4n) is 2.05. The standard InChI is InChI=1S/C16H16F3NO2S/c1-10-5-6-13(23-10)8-15(22)20-9-14(21)11-3-2-4-12(7-11)16(17,18)19/h2-7,14,21H,8-9H2,1H3,(H,20,22)/t14-/m1/s1. The molecule has 1 aromatic heterocycles. The molecule has 1 heterocycles. The van der Waals surface area contributed by atoms with Crippen molar-refractivity contribution >= 4 is 17.2 Å². The number of amides is 1. The summed E-state index contributed by atoms with van der Waals surface area (Å²) in [6.45, 7) is 1.80. The molecule has 0 spiro atoms. The third kappa shape index (κ3) is 5.07. The van der Waals surface area contributed by atoms with Crippen LogP contribution in [0.25, 0.3) is 0 Å². The summed E-state index contributed by atoms with van der Waals surface area (Å²) in [5, 5.41) is 12.5. The SMILES string of the molecule is Cc1ccc(CC(=O)NC[C@@H](O)c2cccc(C(F)(F)F)c2)s1. The van der Waals surface area contributed by atoms with Gasteiger partial charge in [-0.1, -0.05) is 12.1 Å². The quantitative estimate of drug-likeness (QED) is 0.873.